The number of nitrogens with one attached hydrogen (secondary N) is 2. The van der Waals surface area contributed by atoms with Gasteiger partial charge in [-0.3, -0.25) is 14.4 Å². The number of aromatic nitrogens is 4. The molecule has 0 amide bonds. The van der Waals surface area contributed by atoms with Crippen LogP contribution in [0.3, 0.4) is 0 Å². The van der Waals surface area contributed by atoms with Crippen LogP contribution in [-0.2, 0) is 13.0 Å². The molecule has 0 aliphatic carbocycles. The number of rotatable bonds is 6. The van der Waals surface area contributed by atoms with Gasteiger partial charge in [0.15, 0.2) is 11.6 Å². The van der Waals surface area contributed by atoms with E-state index in [1.807, 2.05) is 47.0 Å². The van der Waals surface area contributed by atoms with Gasteiger partial charge in [-0.05, 0) is 30.7 Å². The maximum absolute atomic E-state index is 4.28. The van der Waals surface area contributed by atoms with Crippen LogP contribution in [-0.4, -0.2) is 39.1 Å². The van der Waals surface area contributed by atoms with Crippen molar-refractivity contribution in [1.82, 2.24) is 30.2 Å². The van der Waals surface area contributed by atoms with Gasteiger partial charge in [-0.25, -0.2) is 0 Å². The molecule has 0 aromatic carbocycles. The lowest BCUT2D eigenvalue weighted by Gasteiger charge is -2.11. The van der Waals surface area contributed by atoms with Crippen LogP contribution >= 0.6 is 24.0 Å². The largest absolute Gasteiger partial charge is 0.356 e. The van der Waals surface area contributed by atoms with Crippen molar-refractivity contribution >= 4 is 35.6 Å². The second-order valence-electron chi connectivity index (χ2n) is 5.32. The van der Waals surface area contributed by atoms with Gasteiger partial charge < -0.3 is 10.6 Å². The van der Waals surface area contributed by atoms with Crippen LogP contribution in [0.15, 0.2) is 53.8 Å². The molecule has 132 valence electrons. The monoisotopic (exact) mass is 451 g/mol. The second-order valence-corrected chi connectivity index (χ2v) is 5.32. The highest BCUT2D eigenvalue weighted by molar-refractivity contribution is 14.0. The molecule has 0 fully saturated rings. The van der Waals surface area contributed by atoms with Crippen LogP contribution in [0, 0.1) is 0 Å². The molecule has 3 aromatic heterocycles. The fourth-order valence-electron chi connectivity index (χ4n) is 2.41. The minimum atomic E-state index is 0. The van der Waals surface area contributed by atoms with E-state index >= 15 is 0 Å². The molecule has 0 aliphatic heterocycles. The van der Waals surface area contributed by atoms with Gasteiger partial charge in [0.2, 0.25) is 0 Å². The van der Waals surface area contributed by atoms with Crippen LogP contribution in [0.25, 0.3) is 5.65 Å². The Bertz CT molecular complexity index is 801. The highest BCUT2D eigenvalue weighted by Crippen LogP contribution is 2.04. The standard InChI is InChI=1S/C17H21N7.HI/c1-18-17(21-13-14-7-2-4-10-19-14)20-11-6-9-16-23-22-15-8-3-5-12-24(15)16;/h2-5,7-8,10,12H,6,9,11,13H2,1H3,(H2,18,20,21);1H. The lowest BCUT2D eigenvalue weighted by molar-refractivity contribution is 0.712. The Morgan fingerprint density at radius 1 is 1.12 bits per heavy atom. The zero-order chi connectivity index (χ0) is 16.6. The number of aryl methyl sites for hydroxylation is 1. The second kappa shape index (κ2) is 9.92. The molecule has 0 spiro atoms. The van der Waals surface area contributed by atoms with Gasteiger partial charge in [-0.1, -0.05) is 12.1 Å². The summed E-state index contributed by atoms with van der Waals surface area (Å²) in [6, 6.07) is 11.8. The fourth-order valence-corrected chi connectivity index (χ4v) is 2.41. The summed E-state index contributed by atoms with van der Waals surface area (Å²) in [4.78, 5) is 8.50. The highest BCUT2D eigenvalue weighted by Gasteiger charge is 2.04. The zero-order valence-corrected chi connectivity index (χ0v) is 16.4. The number of fused-ring (bicyclic) bond motifs is 1. The Hall–Kier alpha value is -2.23. The van der Waals surface area contributed by atoms with E-state index in [1.165, 1.54) is 0 Å². The predicted molar refractivity (Wildman–Crippen MR) is 109 cm³/mol. The van der Waals surface area contributed by atoms with Crippen molar-refractivity contribution in [2.75, 3.05) is 13.6 Å². The number of halogens is 1. The van der Waals surface area contributed by atoms with Gasteiger partial charge in [0, 0.05) is 32.4 Å². The molecule has 0 saturated heterocycles. The predicted octanol–water partition coefficient (Wildman–Crippen LogP) is 2.04. The van der Waals surface area contributed by atoms with E-state index in [0.29, 0.717) is 6.54 Å². The average Bonchev–Trinajstić information content (AvgIpc) is 3.05. The Morgan fingerprint density at radius 2 is 2.00 bits per heavy atom. The highest BCUT2D eigenvalue weighted by atomic mass is 127. The third kappa shape index (κ3) is 5.38. The van der Waals surface area contributed by atoms with Gasteiger partial charge >= 0.3 is 0 Å². The third-order valence-electron chi connectivity index (χ3n) is 3.64. The molecule has 7 nitrogen and oxygen atoms in total. The van der Waals surface area contributed by atoms with Crippen molar-refractivity contribution in [3.63, 3.8) is 0 Å². The van der Waals surface area contributed by atoms with Crippen molar-refractivity contribution in [3.05, 3.63) is 60.3 Å². The summed E-state index contributed by atoms with van der Waals surface area (Å²) >= 11 is 0. The molecule has 0 saturated carbocycles. The van der Waals surface area contributed by atoms with Gasteiger partial charge in [-0.2, -0.15) is 0 Å². The maximum atomic E-state index is 4.28. The number of guanidine groups is 1. The van der Waals surface area contributed by atoms with E-state index < -0.39 is 0 Å². The van der Waals surface area contributed by atoms with Crippen LogP contribution in [0.4, 0.5) is 0 Å². The van der Waals surface area contributed by atoms with Crippen molar-refractivity contribution in [3.8, 4) is 0 Å². The first-order chi connectivity index (χ1) is 11.9. The van der Waals surface area contributed by atoms with Gasteiger partial charge in [0.25, 0.3) is 0 Å². The molecule has 0 aliphatic rings. The molecule has 25 heavy (non-hydrogen) atoms. The average molecular weight is 451 g/mol. The van der Waals surface area contributed by atoms with E-state index in [9.17, 15) is 0 Å². The van der Waals surface area contributed by atoms with Crippen molar-refractivity contribution in [2.24, 2.45) is 4.99 Å². The zero-order valence-electron chi connectivity index (χ0n) is 14.1. The molecular formula is C17H22IN7. The van der Waals surface area contributed by atoms with Crippen molar-refractivity contribution < 1.29 is 0 Å². The van der Waals surface area contributed by atoms with Gasteiger partial charge in [0.05, 0.1) is 12.2 Å². The summed E-state index contributed by atoms with van der Waals surface area (Å²) in [5, 5.41) is 15.0. The van der Waals surface area contributed by atoms with Crippen molar-refractivity contribution in [2.45, 2.75) is 19.4 Å². The van der Waals surface area contributed by atoms with Crippen LogP contribution in [0.1, 0.15) is 17.9 Å². The van der Waals surface area contributed by atoms with Crippen LogP contribution in [0.2, 0.25) is 0 Å². The lowest BCUT2D eigenvalue weighted by atomic mass is 10.3. The van der Waals surface area contributed by atoms with E-state index in [-0.39, 0.29) is 24.0 Å². The third-order valence-corrected chi connectivity index (χ3v) is 3.64. The molecule has 0 bridgehead atoms. The normalized spacial score (nSPS) is 11.2. The van der Waals surface area contributed by atoms with Gasteiger partial charge in [-0.15, -0.1) is 34.2 Å². The number of pyridine rings is 2. The summed E-state index contributed by atoms with van der Waals surface area (Å²) in [5.74, 6) is 1.75. The SMILES string of the molecule is CN=C(NCCCc1nnc2ccccn12)NCc1ccccn1.I. The van der Waals surface area contributed by atoms with E-state index in [4.69, 9.17) is 0 Å². The lowest BCUT2D eigenvalue weighted by Crippen LogP contribution is -2.37. The number of hydrogen-bond acceptors (Lipinski definition) is 4. The summed E-state index contributed by atoms with van der Waals surface area (Å²) in [6.07, 6.45) is 5.58. The molecule has 0 radical (unpaired) electrons. The number of nitrogens with zero attached hydrogens (tertiary/aromatic N) is 5. The summed E-state index contributed by atoms with van der Waals surface area (Å²) in [6.45, 7) is 1.46. The smallest absolute Gasteiger partial charge is 0.191 e. The first-order valence-electron chi connectivity index (χ1n) is 8.00. The molecule has 3 aromatic rings. The molecule has 8 heteroatoms. The molecule has 2 N–H and O–H groups in total. The first kappa shape index (κ1) is 19.1. The quantitative estimate of drug-likeness (QED) is 0.260. The minimum absolute atomic E-state index is 0. The first-order valence-corrected chi connectivity index (χ1v) is 8.00. The topological polar surface area (TPSA) is 79.5 Å². The number of aliphatic imine (C=N–C) groups is 1. The van der Waals surface area contributed by atoms with E-state index in [2.05, 4.69) is 30.8 Å². The summed E-state index contributed by atoms with van der Waals surface area (Å²) in [7, 11) is 1.76. The molecule has 3 rings (SSSR count). The molecule has 0 atom stereocenters. The molecular weight excluding hydrogens is 429 g/mol. The van der Waals surface area contributed by atoms with E-state index in [0.717, 1.165) is 42.5 Å². The Kier molecular flexibility index (Phi) is 7.58. The summed E-state index contributed by atoms with van der Waals surface area (Å²) in [5.41, 5.74) is 1.86. The fraction of sp³-hybridized carbons (Fsp3) is 0.294. The maximum Gasteiger partial charge on any atom is 0.191 e. The Labute approximate surface area is 164 Å². The number of hydrogen-bond donors (Lipinski definition) is 2. The van der Waals surface area contributed by atoms with E-state index in [1.54, 1.807) is 13.2 Å². The Balaban J connectivity index is 0.00000225. The Morgan fingerprint density at radius 3 is 2.80 bits per heavy atom. The summed E-state index contributed by atoms with van der Waals surface area (Å²) < 4.78 is 2.02. The molecule has 0 unspecified atom stereocenters. The molecule has 3 heterocycles. The van der Waals surface area contributed by atoms with Crippen LogP contribution < -0.4 is 10.6 Å². The van der Waals surface area contributed by atoms with Crippen LogP contribution in [0.5, 0.6) is 0 Å². The van der Waals surface area contributed by atoms with Gasteiger partial charge in [0.1, 0.15) is 5.82 Å². The van der Waals surface area contributed by atoms with Crippen molar-refractivity contribution in [1.29, 1.82) is 0 Å². The minimum Gasteiger partial charge on any atom is -0.356 e.